The minimum absolute atomic E-state index is 0.106. The molecule has 0 aromatic heterocycles. The molecular weight excluding hydrogens is 300 g/mol. The summed E-state index contributed by atoms with van der Waals surface area (Å²) in [5, 5.41) is 0. The molecule has 1 fully saturated rings. The Kier molecular flexibility index (Phi) is 6.20. The molecule has 4 nitrogen and oxygen atoms in total. The second-order valence-corrected chi connectivity index (χ2v) is 6.81. The lowest BCUT2D eigenvalue weighted by Gasteiger charge is -2.44. The Morgan fingerprint density at radius 2 is 1.50 bits per heavy atom. The van der Waals surface area contributed by atoms with E-state index in [0.29, 0.717) is 13.0 Å². The summed E-state index contributed by atoms with van der Waals surface area (Å²) < 4.78 is 0. The van der Waals surface area contributed by atoms with Crippen molar-refractivity contribution in [2.75, 3.05) is 13.6 Å². The lowest BCUT2D eigenvalue weighted by molar-refractivity contribution is -0.130. The summed E-state index contributed by atoms with van der Waals surface area (Å²) in [5.74, 6) is -0.106. The number of aryl methyl sites for hydroxylation is 1. The number of hydrogen-bond donors (Lipinski definition) is 0. The van der Waals surface area contributed by atoms with Gasteiger partial charge >= 0.3 is 6.03 Å². The van der Waals surface area contributed by atoms with Gasteiger partial charge in [0.2, 0.25) is 5.91 Å². The highest BCUT2D eigenvalue weighted by molar-refractivity contribution is 5.96. The number of hydrogen-bond acceptors (Lipinski definition) is 2. The molecular formula is C20H32N2O2. The maximum Gasteiger partial charge on any atom is 0.327 e. The molecule has 1 heterocycles. The van der Waals surface area contributed by atoms with Crippen molar-refractivity contribution in [2.24, 2.45) is 0 Å². The molecule has 0 spiro atoms. The Hall–Kier alpha value is -1.84. The van der Waals surface area contributed by atoms with Gasteiger partial charge in [0, 0.05) is 20.0 Å². The summed E-state index contributed by atoms with van der Waals surface area (Å²) in [5.41, 5.74) is 5.75. The lowest BCUT2D eigenvalue weighted by atomic mass is 9.83. The Morgan fingerprint density at radius 1 is 0.958 bits per heavy atom. The molecule has 3 amide bonds. The van der Waals surface area contributed by atoms with E-state index >= 15 is 0 Å². The van der Waals surface area contributed by atoms with Gasteiger partial charge in [0.15, 0.2) is 0 Å². The van der Waals surface area contributed by atoms with Crippen molar-refractivity contribution in [3.8, 4) is 0 Å². The standard InChI is InChI=1S/C18H26N2O2.C2H6/c1-11-10-15(14(4)13(3)12(11)2)18(5,6)20-9-8-16(21)19(7)17(20)22;1-2/h10H,8-9H2,1-7H3;1-2H3. The molecule has 0 radical (unpaired) electrons. The summed E-state index contributed by atoms with van der Waals surface area (Å²) >= 11 is 0. The fourth-order valence-corrected chi connectivity index (χ4v) is 3.27. The molecule has 134 valence electrons. The van der Waals surface area contributed by atoms with E-state index in [2.05, 4.69) is 47.6 Å². The molecule has 24 heavy (non-hydrogen) atoms. The van der Waals surface area contributed by atoms with Crippen LogP contribution in [0.3, 0.4) is 0 Å². The zero-order valence-corrected chi connectivity index (χ0v) is 16.7. The molecule has 4 heteroatoms. The molecule has 1 aromatic carbocycles. The normalized spacial score (nSPS) is 15.4. The zero-order chi connectivity index (χ0) is 18.8. The average molecular weight is 332 g/mol. The fraction of sp³-hybridized carbons (Fsp3) is 0.600. The summed E-state index contributed by atoms with van der Waals surface area (Å²) in [7, 11) is 1.56. The first-order valence-electron chi connectivity index (χ1n) is 8.75. The van der Waals surface area contributed by atoms with Crippen molar-refractivity contribution in [2.45, 2.75) is 67.3 Å². The molecule has 0 N–H and O–H groups in total. The van der Waals surface area contributed by atoms with Gasteiger partial charge in [0.05, 0.1) is 5.54 Å². The van der Waals surface area contributed by atoms with E-state index in [9.17, 15) is 9.59 Å². The maximum absolute atomic E-state index is 12.5. The number of amides is 3. The third-order valence-corrected chi connectivity index (χ3v) is 5.26. The first kappa shape index (κ1) is 20.2. The number of nitrogens with zero attached hydrogens (tertiary/aromatic N) is 2. The first-order valence-corrected chi connectivity index (χ1v) is 8.75. The Labute approximate surface area is 146 Å². The van der Waals surface area contributed by atoms with E-state index in [4.69, 9.17) is 0 Å². The highest BCUT2D eigenvalue weighted by Gasteiger charge is 2.40. The number of benzene rings is 1. The van der Waals surface area contributed by atoms with Gasteiger partial charge < -0.3 is 4.90 Å². The molecule has 0 unspecified atom stereocenters. The van der Waals surface area contributed by atoms with Gasteiger partial charge in [-0.1, -0.05) is 19.9 Å². The summed E-state index contributed by atoms with van der Waals surface area (Å²) in [4.78, 5) is 27.3. The third kappa shape index (κ3) is 3.33. The number of rotatable bonds is 2. The summed E-state index contributed by atoms with van der Waals surface area (Å²) in [6.07, 6.45) is 0.383. The lowest BCUT2D eigenvalue weighted by Crippen LogP contribution is -2.57. The van der Waals surface area contributed by atoms with Gasteiger partial charge in [-0.2, -0.15) is 0 Å². The van der Waals surface area contributed by atoms with E-state index < -0.39 is 5.54 Å². The number of imide groups is 1. The third-order valence-electron chi connectivity index (χ3n) is 5.26. The molecule has 1 aliphatic rings. The van der Waals surface area contributed by atoms with Crippen LogP contribution in [0.15, 0.2) is 6.07 Å². The summed E-state index contributed by atoms with van der Waals surface area (Å²) in [6.45, 7) is 17.1. The van der Waals surface area contributed by atoms with Gasteiger partial charge in [-0.3, -0.25) is 9.69 Å². The molecule has 0 saturated carbocycles. The molecule has 0 bridgehead atoms. The van der Waals surface area contributed by atoms with Crippen LogP contribution in [-0.4, -0.2) is 35.3 Å². The van der Waals surface area contributed by atoms with E-state index in [-0.39, 0.29) is 11.9 Å². The van der Waals surface area contributed by atoms with E-state index in [0.717, 1.165) is 5.56 Å². The van der Waals surface area contributed by atoms with E-state index in [1.165, 1.54) is 27.2 Å². The quantitative estimate of drug-likeness (QED) is 0.802. The minimum atomic E-state index is -0.445. The van der Waals surface area contributed by atoms with Crippen LogP contribution in [-0.2, 0) is 10.3 Å². The van der Waals surface area contributed by atoms with Crippen LogP contribution >= 0.6 is 0 Å². The first-order chi connectivity index (χ1) is 11.1. The largest absolute Gasteiger partial charge is 0.327 e. The average Bonchev–Trinajstić information content (AvgIpc) is 2.55. The van der Waals surface area contributed by atoms with Crippen LogP contribution in [0.4, 0.5) is 4.79 Å². The molecule has 2 rings (SSSR count). The predicted octanol–water partition coefficient (Wildman–Crippen LogP) is 4.47. The van der Waals surface area contributed by atoms with Crippen LogP contribution in [0.5, 0.6) is 0 Å². The zero-order valence-electron chi connectivity index (χ0n) is 16.7. The monoisotopic (exact) mass is 332 g/mol. The van der Waals surface area contributed by atoms with Crippen LogP contribution in [0, 0.1) is 27.7 Å². The van der Waals surface area contributed by atoms with E-state index in [1.807, 2.05) is 18.7 Å². The number of urea groups is 1. The van der Waals surface area contributed by atoms with E-state index in [1.54, 1.807) is 7.05 Å². The van der Waals surface area contributed by atoms with Crippen molar-refractivity contribution in [1.82, 2.24) is 9.80 Å². The van der Waals surface area contributed by atoms with Crippen molar-refractivity contribution in [3.63, 3.8) is 0 Å². The van der Waals surface area contributed by atoms with Gasteiger partial charge in [-0.15, -0.1) is 0 Å². The topological polar surface area (TPSA) is 40.6 Å². The molecule has 1 aliphatic heterocycles. The molecule has 0 atom stereocenters. The highest BCUT2D eigenvalue weighted by atomic mass is 16.2. The number of carbonyl (C=O) groups excluding carboxylic acids is 2. The Morgan fingerprint density at radius 3 is 2.04 bits per heavy atom. The van der Waals surface area contributed by atoms with Gasteiger partial charge in [0.1, 0.15) is 0 Å². The van der Waals surface area contributed by atoms with Crippen molar-refractivity contribution >= 4 is 11.9 Å². The Balaban J connectivity index is 0.00000139. The predicted molar refractivity (Wildman–Crippen MR) is 99.3 cm³/mol. The van der Waals surface area contributed by atoms with Crippen molar-refractivity contribution in [3.05, 3.63) is 33.9 Å². The van der Waals surface area contributed by atoms with Gasteiger partial charge in [0.25, 0.3) is 0 Å². The minimum Gasteiger partial charge on any atom is -0.315 e. The SMILES string of the molecule is CC.Cc1cc(C(C)(C)N2CCC(=O)N(C)C2=O)c(C)c(C)c1C. The van der Waals surface area contributed by atoms with Crippen LogP contribution in [0.1, 0.15) is 61.9 Å². The molecule has 0 aliphatic carbocycles. The van der Waals surface area contributed by atoms with Crippen LogP contribution < -0.4 is 0 Å². The van der Waals surface area contributed by atoms with Crippen molar-refractivity contribution < 1.29 is 9.59 Å². The fourth-order valence-electron chi connectivity index (χ4n) is 3.27. The van der Waals surface area contributed by atoms with Crippen LogP contribution in [0.2, 0.25) is 0 Å². The summed E-state index contributed by atoms with van der Waals surface area (Å²) in [6, 6.07) is 1.97. The van der Waals surface area contributed by atoms with Crippen molar-refractivity contribution in [1.29, 1.82) is 0 Å². The van der Waals surface area contributed by atoms with Gasteiger partial charge in [-0.05, 0) is 69.4 Å². The maximum atomic E-state index is 12.5. The highest BCUT2D eigenvalue weighted by Crippen LogP contribution is 2.35. The molecule has 1 saturated heterocycles. The van der Waals surface area contributed by atoms with Gasteiger partial charge in [-0.25, -0.2) is 4.79 Å². The number of carbonyl (C=O) groups is 2. The second-order valence-electron chi connectivity index (χ2n) is 6.81. The molecule has 1 aromatic rings. The van der Waals surface area contributed by atoms with Crippen LogP contribution in [0.25, 0.3) is 0 Å². The second kappa shape index (κ2) is 7.37. The Bertz CT molecular complexity index is 648. The smallest absolute Gasteiger partial charge is 0.315 e.